The summed E-state index contributed by atoms with van der Waals surface area (Å²) in [4.78, 5) is 16.4. The summed E-state index contributed by atoms with van der Waals surface area (Å²) in [6.07, 6.45) is 1.05. The monoisotopic (exact) mass is 617 g/mol. The fourth-order valence-electron chi connectivity index (χ4n) is 5.05. The van der Waals surface area contributed by atoms with Crippen LogP contribution in [0.15, 0.2) is 71.1 Å². The number of amides is 1. The molecule has 0 bridgehead atoms. The molecule has 1 amide bonds. The van der Waals surface area contributed by atoms with Gasteiger partial charge in [0.15, 0.2) is 0 Å². The number of carbonyl (C=O) groups excluding carboxylic acids is 1. The first-order valence-electron chi connectivity index (χ1n) is 13.2. The van der Waals surface area contributed by atoms with Crippen LogP contribution in [0.3, 0.4) is 0 Å². The minimum atomic E-state index is -3.79. The molecule has 0 aliphatic rings. The molecule has 44 heavy (non-hydrogen) atoms. The number of halogens is 2. The number of rotatable bonds is 7. The lowest BCUT2D eigenvalue weighted by molar-refractivity contribution is 0.0964. The highest BCUT2D eigenvalue weighted by molar-refractivity contribution is 7.92. The first kappa shape index (κ1) is 28.8. The largest absolute Gasteiger partial charge is 0.479 e. The quantitative estimate of drug-likeness (QED) is 0.233. The summed E-state index contributed by atoms with van der Waals surface area (Å²) >= 11 is 0. The Morgan fingerprint density at radius 2 is 1.75 bits per heavy atom. The number of furan rings is 1. The third-order valence-corrected chi connectivity index (χ3v) is 8.53. The molecule has 10 nitrogen and oxygen atoms in total. The maximum Gasteiger partial charge on any atom is 0.255 e. The number of methoxy groups -OCH3 is 1. The number of benzene rings is 3. The molecule has 224 valence electrons. The molecule has 0 aliphatic heterocycles. The second-order valence-corrected chi connectivity index (χ2v) is 12.0. The summed E-state index contributed by atoms with van der Waals surface area (Å²) in [5.41, 5.74) is 3.04. The van der Waals surface area contributed by atoms with Gasteiger partial charge in [-0.25, -0.2) is 17.2 Å². The highest BCUT2D eigenvalue weighted by Gasteiger charge is 2.27. The van der Waals surface area contributed by atoms with Gasteiger partial charge in [0.25, 0.3) is 5.91 Å². The highest BCUT2D eigenvalue weighted by Crippen LogP contribution is 2.44. The van der Waals surface area contributed by atoms with Crippen LogP contribution < -0.4 is 14.4 Å². The van der Waals surface area contributed by atoms with Crippen LogP contribution in [0.2, 0.25) is 0 Å². The number of sulfonamides is 1. The second-order valence-electron chi connectivity index (χ2n) is 10.0. The molecule has 0 spiro atoms. The normalized spacial score (nSPS) is 11.7. The molecule has 0 fully saturated rings. The van der Waals surface area contributed by atoms with Gasteiger partial charge in [0.2, 0.25) is 15.9 Å². The molecule has 3 heterocycles. The predicted octanol–water partition coefficient (Wildman–Crippen LogP) is 5.75. The lowest BCUT2D eigenvalue weighted by atomic mass is 9.98. The molecular weight excluding hydrogens is 592 g/mol. The summed E-state index contributed by atoms with van der Waals surface area (Å²) in [6, 6.07) is 16.5. The lowest BCUT2D eigenvalue weighted by Gasteiger charge is -2.21. The number of carbonyl (C=O) groups is 1. The van der Waals surface area contributed by atoms with Crippen LogP contribution in [0.25, 0.3) is 55.7 Å². The molecule has 0 unspecified atom stereocenters. The fourth-order valence-corrected chi connectivity index (χ4v) is 5.56. The van der Waals surface area contributed by atoms with E-state index in [9.17, 15) is 22.0 Å². The Bertz CT molecular complexity index is 2190. The van der Waals surface area contributed by atoms with Crippen LogP contribution in [0.1, 0.15) is 10.4 Å². The topological polar surface area (TPSA) is 130 Å². The van der Waals surface area contributed by atoms with Crippen molar-refractivity contribution >= 4 is 43.5 Å². The maximum atomic E-state index is 14.5. The average molecular weight is 618 g/mol. The molecular formula is C31H25F2N5O5S. The van der Waals surface area contributed by atoms with Crippen molar-refractivity contribution in [3.63, 3.8) is 0 Å². The summed E-state index contributed by atoms with van der Waals surface area (Å²) in [5.74, 6) is -1.10. The zero-order valence-electron chi connectivity index (χ0n) is 23.9. The van der Waals surface area contributed by atoms with E-state index >= 15 is 0 Å². The van der Waals surface area contributed by atoms with Crippen molar-refractivity contribution in [2.45, 2.75) is 0 Å². The number of aromatic amines is 1. The van der Waals surface area contributed by atoms with E-state index in [1.807, 2.05) is 0 Å². The fraction of sp³-hybridized carbons (Fsp3) is 0.129. The van der Waals surface area contributed by atoms with Crippen molar-refractivity contribution in [1.29, 1.82) is 0 Å². The molecule has 3 aromatic heterocycles. The summed E-state index contributed by atoms with van der Waals surface area (Å²) in [5, 5.41) is 11.8. The lowest BCUT2D eigenvalue weighted by Crippen LogP contribution is -2.25. The molecule has 2 N–H and O–H groups in total. The van der Waals surface area contributed by atoms with Gasteiger partial charge in [-0.2, -0.15) is 0 Å². The third kappa shape index (κ3) is 4.90. The van der Waals surface area contributed by atoms with Gasteiger partial charge in [0.05, 0.1) is 30.3 Å². The number of ether oxygens (including phenoxy) is 1. The van der Waals surface area contributed by atoms with E-state index in [2.05, 4.69) is 20.5 Å². The van der Waals surface area contributed by atoms with Crippen molar-refractivity contribution in [2.75, 3.05) is 31.8 Å². The number of nitrogens with one attached hydrogen (secondary N) is 2. The van der Waals surface area contributed by atoms with Crippen molar-refractivity contribution in [3.05, 3.63) is 83.9 Å². The number of nitrogens with zero attached hydrogens (tertiary/aromatic N) is 3. The Morgan fingerprint density at radius 3 is 2.41 bits per heavy atom. The minimum absolute atomic E-state index is 0.0716. The van der Waals surface area contributed by atoms with E-state index in [-0.39, 0.29) is 28.5 Å². The molecule has 13 heteroatoms. The van der Waals surface area contributed by atoms with Crippen LogP contribution >= 0.6 is 0 Å². The Kier molecular flexibility index (Phi) is 7.04. The zero-order chi connectivity index (χ0) is 31.3. The Labute approximate surface area is 250 Å². The van der Waals surface area contributed by atoms with Crippen LogP contribution in [-0.4, -0.2) is 57.0 Å². The van der Waals surface area contributed by atoms with Crippen LogP contribution in [0.4, 0.5) is 14.5 Å². The van der Waals surface area contributed by atoms with Crippen molar-refractivity contribution in [1.82, 2.24) is 20.5 Å². The summed E-state index contributed by atoms with van der Waals surface area (Å²) < 4.78 is 66.5. The van der Waals surface area contributed by atoms with Gasteiger partial charge in [0.1, 0.15) is 28.7 Å². The minimum Gasteiger partial charge on any atom is -0.479 e. The number of hydrogen-bond acceptors (Lipinski definition) is 7. The highest BCUT2D eigenvalue weighted by atomic mass is 32.2. The van der Waals surface area contributed by atoms with Gasteiger partial charge < -0.3 is 19.5 Å². The van der Waals surface area contributed by atoms with E-state index in [1.165, 1.54) is 57.6 Å². The predicted molar refractivity (Wildman–Crippen MR) is 163 cm³/mol. The Morgan fingerprint density at radius 1 is 1.00 bits per heavy atom. The van der Waals surface area contributed by atoms with Crippen LogP contribution in [-0.2, 0) is 10.0 Å². The van der Waals surface area contributed by atoms with Crippen LogP contribution in [0, 0.1) is 11.6 Å². The van der Waals surface area contributed by atoms with E-state index in [0.717, 1.165) is 10.6 Å². The first-order chi connectivity index (χ1) is 21.0. The maximum absolute atomic E-state index is 14.5. The number of anilines is 1. The van der Waals surface area contributed by atoms with Crippen LogP contribution in [0.5, 0.6) is 5.88 Å². The Balaban J connectivity index is 1.65. The molecule has 0 radical (unpaired) electrons. The molecule has 0 atom stereocenters. The van der Waals surface area contributed by atoms with Gasteiger partial charge >= 0.3 is 0 Å². The number of H-pyrrole nitrogens is 1. The van der Waals surface area contributed by atoms with Gasteiger partial charge in [-0.05, 0) is 54.6 Å². The second kappa shape index (κ2) is 10.8. The van der Waals surface area contributed by atoms with Crippen molar-refractivity contribution in [3.8, 4) is 39.7 Å². The molecule has 0 saturated carbocycles. The average Bonchev–Trinajstić information content (AvgIpc) is 3.62. The van der Waals surface area contributed by atoms with Gasteiger partial charge in [-0.1, -0.05) is 6.07 Å². The number of fused-ring (bicyclic) bond motifs is 2. The molecule has 6 aromatic rings. The van der Waals surface area contributed by atoms with Gasteiger partial charge in [-0.3, -0.25) is 9.10 Å². The smallest absolute Gasteiger partial charge is 0.255 e. The van der Waals surface area contributed by atoms with Crippen molar-refractivity contribution in [2.24, 2.45) is 0 Å². The van der Waals surface area contributed by atoms with E-state index in [0.29, 0.717) is 44.4 Å². The molecule has 0 saturated heterocycles. The van der Waals surface area contributed by atoms with E-state index < -0.39 is 27.6 Å². The van der Waals surface area contributed by atoms with Gasteiger partial charge in [-0.15, -0.1) is 10.2 Å². The standard InChI is InChI=1S/C31H25F2N5O5S/c1-34-30(39)28-21-12-18(19-13-25(36-37-31(19)42-3)24-14-20-22(33)6-5-7-23(20)35-24)26(38(2)44(4,40)41)15-27(21)43-29(28)16-8-10-17(32)11-9-16/h5-15,35H,1-4H3,(H,34,39). The number of hydrogen-bond donors (Lipinski definition) is 2. The first-order valence-corrected chi connectivity index (χ1v) is 15.1. The SMILES string of the molecule is CNC(=O)c1c(-c2ccc(F)cc2)oc2cc(N(C)S(C)(=O)=O)c(-c3cc(-c4cc5c(F)cccc5[nH]4)nnc3OC)cc12. The Hall–Kier alpha value is -5.30. The molecule has 6 rings (SSSR count). The van der Waals surface area contributed by atoms with E-state index in [4.69, 9.17) is 9.15 Å². The summed E-state index contributed by atoms with van der Waals surface area (Å²) in [7, 11) is 0.446. The van der Waals surface area contributed by atoms with Gasteiger partial charge in [0, 0.05) is 53.1 Å². The number of aromatic nitrogens is 3. The third-order valence-electron chi connectivity index (χ3n) is 7.33. The zero-order valence-corrected chi connectivity index (χ0v) is 24.7. The van der Waals surface area contributed by atoms with E-state index in [1.54, 1.807) is 30.3 Å². The molecule has 0 aliphatic carbocycles. The molecule has 3 aromatic carbocycles. The summed E-state index contributed by atoms with van der Waals surface area (Å²) in [6.45, 7) is 0. The van der Waals surface area contributed by atoms with Crippen molar-refractivity contribution < 1.29 is 31.1 Å².